The Bertz CT molecular complexity index is 956. The Morgan fingerprint density at radius 1 is 1.03 bits per heavy atom. The third-order valence-corrected chi connectivity index (χ3v) is 7.49. The van der Waals surface area contributed by atoms with Crippen LogP contribution in [0, 0.1) is 17.8 Å². The fourth-order valence-corrected chi connectivity index (χ4v) is 5.54. The summed E-state index contributed by atoms with van der Waals surface area (Å²) in [5.74, 6) is 0.0766. The number of allylic oxidation sites excluding steroid dienone is 2. The minimum Gasteiger partial charge on any atom is -0.493 e. The Morgan fingerprint density at radius 3 is 2.23 bits per heavy atom. The summed E-state index contributed by atoms with van der Waals surface area (Å²) in [6.45, 7) is 5.89. The molecule has 4 unspecified atom stereocenters. The molecule has 1 saturated heterocycles. The van der Waals surface area contributed by atoms with Crippen molar-refractivity contribution in [1.82, 2.24) is 10.2 Å². The Balaban J connectivity index is 1.49. The number of ether oxygens (including phenoxy) is 2. The third kappa shape index (κ3) is 5.39. The number of nitrogens with zero attached hydrogens (tertiary/aromatic N) is 1. The number of likely N-dealkylation sites (tertiary alicyclic amines) is 1. The highest BCUT2D eigenvalue weighted by atomic mass is 16.5. The molecule has 1 aliphatic heterocycles. The molecule has 1 aromatic carbocycles. The summed E-state index contributed by atoms with van der Waals surface area (Å²) >= 11 is 0. The molecule has 1 N–H and O–H groups in total. The smallest absolute Gasteiger partial charge is 0.243 e. The summed E-state index contributed by atoms with van der Waals surface area (Å²) in [4.78, 5) is 41.0. The van der Waals surface area contributed by atoms with Crippen molar-refractivity contribution in [2.75, 3.05) is 7.11 Å². The van der Waals surface area contributed by atoms with Crippen LogP contribution in [-0.2, 0) is 14.4 Å². The van der Waals surface area contributed by atoms with Gasteiger partial charge in [-0.15, -0.1) is 0 Å². The summed E-state index contributed by atoms with van der Waals surface area (Å²) in [7, 11) is 1.61. The monoisotopic (exact) mass is 482 g/mol. The number of rotatable bonds is 9. The topological polar surface area (TPSA) is 84.9 Å². The first kappa shape index (κ1) is 25.3. The van der Waals surface area contributed by atoms with Crippen LogP contribution >= 0.6 is 0 Å². The molecule has 190 valence electrons. The van der Waals surface area contributed by atoms with Crippen LogP contribution < -0.4 is 14.8 Å². The van der Waals surface area contributed by atoms with Gasteiger partial charge in [0.1, 0.15) is 6.04 Å². The first-order chi connectivity index (χ1) is 16.8. The van der Waals surface area contributed by atoms with Gasteiger partial charge < -0.3 is 14.8 Å². The average molecular weight is 483 g/mol. The molecule has 2 fully saturated rings. The Kier molecular flexibility index (Phi) is 7.82. The minimum absolute atomic E-state index is 0.148. The lowest BCUT2D eigenvalue weighted by Gasteiger charge is -2.29. The van der Waals surface area contributed by atoms with E-state index in [9.17, 15) is 14.4 Å². The Hall–Kier alpha value is -2.83. The SMILES string of the molecule is COc1cc(C(C)NC(=O)C(CC(C)C)N2C(=O)C3CC=CCC3C2=O)ccc1OC1CCCC1. The second-order valence-corrected chi connectivity index (χ2v) is 10.5. The molecule has 7 nitrogen and oxygen atoms in total. The van der Waals surface area contributed by atoms with Crippen LogP contribution in [0.5, 0.6) is 11.5 Å². The molecule has 7 heteroatoms. The van der Waals surface area contributed by atoms with Crippen molar-refractivity contribution in [2.45, 2.75) is 83.9 Å². The summed E-state index contributed by atoms with van der Waals surface area (Å²) in [6.07, 6.45) is 10.2. The molecule has 1 heterocycles. The van der Waals surface area contributed by atoms with Gasteiger partial charge in [-0.25, -0.2) is 0 Å². The minimum atomic E-state index is -0.810. The number of hydrogen-bond donors (Lipinski definition) is 1. The van der Waals surface area contributed by atoms with Gasteiger partial charge in [-0.05, 0) is 75.5 Å². The molecule has 0 bridgehead atoms. The maximum atomic E-state index is 13.5. The molecule has 0 spiro atoms. The third-order valence-electron chi connectivity index (χ3n) is 7.49. The lowest BCUT2D eigenvalue weighted by Crippen LogP contribution is -2.51. The summed E-state index contributed by atoms with van der Waals surface area (Å²) < 4.78 is 11.7. The predicted molar refractivity (Wildman–Crippen MR) is 133 cm³/mol. The maximum absolute atomic E-state index is 13.5. The largest absolute Gasteiger partial charge is 0.493 e. The zero-order valence-corrected chi connectivity index (χ0v) is 21.3. The van der Waals surface area contributed by atoms with Crippen molar-refractivity contribution < 1.29 is 23.9 Å². The summed E-state index contributed by atoms with van der Waals surface area (Å²) in [5, 5.41) is 3.05. The van der Waals surface area contributed by atoms with E-state index in [0.717, 1.165) is 18.4 Å². The van der Waals surface area contributed by atoms with Gasteiger partial charge in [-0.3, -0.25) is 19.3 Å². The van der Waals surface area contributed by atoms with E-state index in [-0.39, 0.29) is 47.6 Å². The highest BCUT2D eigenvalue weighted by molar-refractivity contribution is 6.08. The number of methoxy groups -OCH3 is 1. The van der Waals surface area contributed by atoms with E-state index in [4.69, 9.17) is 9.47 Å². The molecule has 2 aliphatic carbocycles. The number of hydrogen-bond acceptors (Lipinski definition) is 5. The van der Waals surface area contributed by atoms with Gasteiger partial charge in [0.2, 0.25) is 17.7 Å². The average Bonchev–Trinajstić information content (AvgIpc) is 3.44. The van der Waals surface area contributed by atoms with E-state index in [1.165, 1.54) is 17.7 Å². The fraction of sp³-hybridized carbons (Fsp3) is 0.607. The van der Waals surface area contributed by atoms with Gasteiger partial charge in [0.05, 0.1) is 31.1 Å². The number of imide groups is 1. The van der Waals surface area contributed by atoms with Gasteiger partial charge in [-0.1, -0.05) is 32.1 Å². The Morgan fingerprint density at radius 2 is 1.66 bits per heavy atom. The molecular formula is C28H38N2O5. The van der Waals surface area contributed by atoms with E-state index in [0.29, 0.717) is 30.8 Å². The van der Waals surface area contributed by atoms with Crippen LogP contribution in [0.4, 0.5) is 0 Å². The number of carbonyl (C=O) groups excluding carboxylic acids is 3. The van der Waals surface area contributed by atoms with E-state index in [1.807, 2.05) is 51.1 Å². The van der Waals surface area contributed by atoms with Crippen molar-refractivity contribution in [3.63, 3.8) is 0 Å². The lowest BCUT2D eigenvalue weighted by molar-refractivity contribution is -0.148. The molecule has 35 heavy (non-hydrogen) atoms. The molecule has 1 saturated carbocycles. The fourth-order valence-electron chi connectivity index (χ4n) is 5.54. The van der Waals surface area contributed by atoms with E-state index in [2.05, 4.69) is 5.32 Å². The Labute approximate surface area is 208 Å². The normalized spacial score (nSPS) is 24.0. The second-order valence-electron chi connectivity index (χ2n) is 10.5. The maximum Gasteiger partial charge on any atom is 0.243 e. The van der Waals surface area contributed by atoms with Crippen LogP contribution in [0.25, 0.3) is 0 Å². The van der Waals surface area contributed by atoms with Crippen molar-refractivity contribution in [1.29, 1.82) is 0 Å². The zero-order valence-electron chi connectivity index (χ0n) is 21.3. The van der Waals surface area contributed by atoms with Crippen molar-refractivity contribution in [3.8, 4) is 11.5 Å². The standard InChI is InChI=1S/C28H38N2O5/c1-17(2)15-23(30-27(32)21-11-7-8-12-22(21)28(30)33)26(31)29-18(3)19-13-14-24(25(16-19)34-4)35-20-9-5-6-10-20/h7-8,13-14,16-18,20-23H,5-6,9-12,15H2,1-4H3,(H,29,31). The lowest BCUT2D eigenvalue weighted by atomic mass is 9.85. The van der Waals surface area contributed by atoms with Crippen LogP contribution in [0.1, 0.15) is 77.3 Å². The molecule has 0 aromatic heterocycles. The number of benzene rings is 1. The second kappa shape index (κ2) is 10.8. The summed E-state index contributed by atoms with van der Waals surface area (Å²) in [6, 6.07) is 4.57. The van der Waals surface area contributed by atoms with Crippen molar-refractivity contribution in [3.05, 3.63) is 35.9 Å². The number of amides is 3. The molecule has 3 amide bonds. The van der Waals surface area contributed by atoms with Crippen LogP contribution in [0.15, 0.2) is 30.4 Å². The van der Waals surface area contributed by atoms with Gasteiger partial charge in [0.25, 0.3) is 0 Å². The quantitative estimate of drug-likeness (QED) is 0.412. The van der Waals surface area contributed by atoms with E-state index >= 15 is 0 Å². The molecule has 4 atom stereocenters. The molecule has 1 aromatic rings. The molecule has 0 radical (unpaired) electrons. The molecule has 4 rings (SSSR count). The highest BCUT2D eigenvalue weighted by Gasteiger charge is 2.51. The van der Waals surface area contributed by atoms with Gasteiger partial charge in [0.15, 0.2) is 11.5 Å². The number of nitrogens with one attached hydrogen (secondary N) is 1. The highest BCUT2D eigenvalue weighted by Crippen LogP contribution is 2.38. The predicted octanol–water partition coefficient (Wildman–Crippen LogP) is 4.56. The number of carbonyl (C=O) groups is 3. The molecule has 3 aliphatic rings. The zero-order chi connectivity index (χ0) is 25.1. The van der Waals surface area contributed by atoms with Crippen molar-refractivity contribution >= 4 is 17.7 Å². The molecular weight excluding hydrogens is 444 g/mol. The summed E-state index contributed by atoms with van der Waals surface area (Å²) in [5.41, 5.74) is 0.870. The number of fused-ring (bicyclic) bond motifs is 1. The first-order valence-electron chi connectivity index (χ1n) is 13.0. The van der Waals surface area contributed by atoms with Gasteiger partial charge in [-0.2, -0.15) is 0 Å². The van der Waals surface area contributed by atoms with Crippen LogP contribution in [-0.4, -0.2) is 41.9 Å². The van der Waals surface area contributed by atoms with E-state index < -0.39 is 6.04 Å². The van der Waals surface area contributed by atoms with E-state index in [1.54, 1.807) is 7.11 Å². The first-order valence-corrected chi connectivity index (χ1v) is 13.0. The van der Waals surface area contributed by atoms with Crippen molar-refractivity contribution in [2.24, 2.45) is 17.8 Å². The van der Waals surface area contributed by atoms with Gasteiger partial charge >= 0.3 is 0 Å². The van der Waals surface area contributed by atoms with Crippen LogP contribution in [0.3, 0.4) is 0 Å². The van der Waals surface area contributed by atoms with Crippen LogP contribution in [0.2, 0.25) is 0 Å². The van der Waals surface area contributed by atoms with Gasteiger partial charge in [0, 0.05) is 0 Å².